The van der Waals surface area contributed by atoms with Gasteiger partial charge >= 0.3 is 0 Å². The smallest absolute Gasteiger partial charge is 0.270 e. The van der Waals surface area contributed by atoms with Gasteiger partial charge in [-0.25, -0.2) is 18.1 Å². The van der Waals surface area contributed by atoms with Crippen molar-refractivity contribution in [3.8, 4) is 28.6 Å². The fourth-order valence-corrected chi connectivity index (χ4v) is 5.39. The Morgan fingerprint density at radius 3 is 2.48 bits per heavy atom. The molecule has 1 aliphatic rings. The molecule has 2 aromatic carbocycles. The fraction of sp³-hybridized carbons (Fsp3) is 0.233. The summed E-state index contributed by atoms with van der Waals surface area (Å²) >= 11 is 0. The number of H-pyrrole nitrogens is 1. The second kappa shape index (κ2) is 11.0. The van der Waals surface area contributed by atoms with Crippen molar-refractivity contribution in [3.63, 3.8) is 0 Å². The van der Waals surface area contributed by atoms with Crippen molar-refractivity contribution in [2.24, 2.45) is 5.92 Å². The Kier molecular flexibility index (Phi) is 7.44. The number of carbonyl (C=O) groups is 1. The molecule has 0 saturated heterocycles. The maximum atomic E-state index is 13.3. The quantitative estimate of drug-likeness (QED) is 0.293. The van der Waals surface area contributed by atoms with Crippen LogP contribution in [0.5, 0.6) is 17.4 Å². The van der Waals surface area contributed by atoms with Crippen LogP contribution in [-0.4, -0.2) is 30.9 Å². The fourth-order valence-electron chi connectivity index (χ4n) is 4.37. The molecule has 0 atom stereocenters. The number of hydrogen-bond donors (Lipinski definition) is 2. The largest absolute Gasteiger partial charge is 0.493 e. The van der Waals surface area contributed by atoms with Crippen LogP contribution in [-0.2, 0) is 10.0 Å². The molecule has 1 aliphatic carbocycles. The first-order valence-corrected chi connectivity index (χ1v) is 14.3. The molecule has 2 N–H and O–H groups in total. The number of amides is 1. The van der Waals surface area contributed by atoms with E-state index in [-0.39, 0.29) is 11.4 Å². The lowest BCUT2D eigenvalue weighted by atomic mass is 10.1. The molecule has 206 valence electrons. The number of sulfonamides is 1. The Labute approximate surface area is 232 Å². The number of aromatic nitrogens is 2. The highest BCUT2D eigenvalue weighted by Crippen LogP contribution is 2.34. The summed E-state index contributed by atoms with van der Waals surface area (Å²) in [5, 5.41) is 0. The van der Waals surface area contributed by atoms with E-state index in [2.05, 4.69) is 9.97 Å². The van der Waals surface area contributed by atoms with Crippen molar-refractivity contribution >= 4 is 15.9 Å². The lowest BCUT2D eigenvalue weighted by Crippen LogP contribution is -2.34. The summed E-state index contributed by atoms with van der Waals surface area (Å²) in [6, 6.07) is 16.9. The number of nitrogens with zero attached hydrogens (tertiary/aromatic N) is 1. The number of aromatic amines is 1. The van der Waals surface area contributed by atoms with E-state index >= 15 is 0 Å². The molecule has 0 radical (unpaired) electrons. The van der Waals surface area contributed by atoms with Gasteiger partial charge in [0.05, 0.1) is 12.3 Å². The predicted molar refractivity (Wildman–Crippen MR) is 150 cm³/mol. The van der Waals surface area contributed by atoms with E-state index in [1.807, 2.05) is 61.9 Å². The SMILES string of the molecule is Cc1cc(C)c(Oc2nc(-c3cccc(OCC4CC4)c3)ccc2C(=O)NS(=O)(=O)c2ccc[nH]c2=O)c(C)c1. The van der Waals surface area contributed by atoms with E-state index in [0.717, 1.165) is 28.3 Å². The van der Waals surface area contributed by atoms with Crippen LogP contribution in [0.3, 0.4) is 0 Å². The summed E-state index contributed by atoms with van der Waals surface area (Å²) < 4.78 is 39.8. The molecule has 4 aromatic rings. The summed E-state index contributed by atoms with van der Waals surface area (Å²) in [4.78, 5) is 31.7. The Morgan fingerprint density at radius 1 is 1.02 bits per heavy atom. The number of aryl methyl sites for hydroxylation is 3. The molecule has 2 heterocycles. The van der Waals surface area contributed by atoms with Gasteiger partial charge in [-0.3, -0.25) is 9.59 Å². The first-order valence-electron chi connectivity index (χ1n) is 12.9. The number of nitrogens with one attached hydrogen (secondary N) is 2. The summed E-state index contributed by atoms with van der Waals surface area (Å²) in [6.45, 7) is 6.39. The minimum absolute atomic E-state index is 0.0773. The van der Waals surface area contributed by atoms with Gasteiger partial charge in [-0.15, -0.1) is 0 Å². The molecular weight excluding hydrogens is 530 g/mol. The third-order valence-electron chi connectivity index (χ3n) is 6.52. The first-order chi connectivity index (χ1) is 19.1. The van der Waals surface area contributed by atoms with Gasteiger partial charge < -0.3 is 14.5 Å². The highest BCUT2D eigenvalue weighted by molar-refractivity contribution is 7.90. The Hall–Kier alpha value is -4.44. The molecule has 5 rings (SSSR count). The number of carbonyl (C=O) groups excluding carboxylic acids is 1. The Balaban J connectivity index is 1.53. The van der Waals surface area contributed by atoms with Gasteiger partial charge in [-0.1, -0.05) is 29.8 Å². The topological polar surface area (TPSA) is 127 Å². The van der Waals surface area contributed by atoms with Gasteiger partial charge in [0.2, 0.25) is 5.88 Å². The van der Waals surface area contributed by atoms with Gasteiger partial charge in [0, 0.05) is 11.8 Å². The predicted octanol–water partition coefficient (Wildman–Crippen LogP) is 5.06. The van der Waals surface area contributed by atoms with E-state index in [9.17, 15) is 18.0 Å². The van der Waals surface area contributed by atoms with E-state index in [1.54, 1.807) is 6.07 Å². The highest BCUT2D eigenvalue weighted by Gasteiger charge is 2.26. The standard InChI is InChI=1S/C30H29N3O6S/c1-18-14-19(2)27(20(3)15-18)39-30-24(28(34)33-40(36,37)26-8-5-13-31-29(26)35)11-12-25(32-30)22-6-4-7-23(16-22)38-17-21-9-10-21/h4-8,11-16,21H,9-10,17H2,1-3H3,(H,31,35)(H,33,34). The van der Waals surface area contributed by atoms with Crippen LogP contribution in [0.4, 0.5) is 0 Å². The summed E-state index contributed by atoms with van der Waals surface area (Å²) in [5.74, 6) is 0.754. The third kappa shape index (κ3) is 6.07. The zero-order valence-corrected chi connectivity index (χ0v) is 23.2. The maximum Gasteiger partial charge on any atom is 0.270 e. The molecule has 10 heteroatoms. The van der Waals surface area contributed by atoms with Crippen molar-refractivity contribution in [2.75, 3.05) is 6.61 Å². The average Bonchev–Trinajstić information content (AvgIpc) is 3.74. The van der Waals surface area contributed by atoms with Crippen LogP contribution >= 0.6 is 0 Å². The Morgan fingerprint density at radius 2 is 1.77 bits per heavy atom. The number of pyridine rings is 2. The minimum Gasteiger partial charge on any atom is -0.493 e. The number of rotatable bonds is 9. The number of ether oxygens (including phenoxy) is 2. The van der Waals surface area contributed by atoms with E-state index in [0.29, 0.717) is 29.7 Å². The van der Waals surface area contributed by atoms with Gasteiger partial charge in [0.1, 0.15) is 17.1 Å². The van der Waals surface area contributed by atoms with Crippen LogP contribution in [0.1, 0.15) is 39.9 Å². The van der Waals surface area contributed by atoms with Crippen LogP contribution in [0.2, 0.25) is 0 Å². The second-order valence-electron chi connectivity index (χ2n) is 9.96. The van der Waals surface area contributed by atoms with E-state index < -0.39 is 26.4 Å². The van der Waals surface area contributed by atoms with E-state index in [4.69, 9.17) is 9.47 Å². The maximum absolute atomic E-state index is 13.3. The summed E-state index contributed by atoms with van der Waals surface area (Å²) in [5.41, 5.74) is 3.00. The molecule has 40 heavy (non-hydrogen) atoms. The third-order valence-corrected chi connectivity index (χ3v) is 7.87. The normalized spacial score (nSPS) is 13.1. The monoisotopic (exact) mass is 559 g/mol. The van der Waals surface area contributed by atoms with Gasteiger partial charge in [0.25, 0.3) is 21.5 Å². The molecule has 1 amide bonds. The average molecular weight is 560 g/mol. The first kappa shape index (κ1) is 27.1. The lowest BCUT2D eigenvalue weighted by molar-refractivity contribution is 0.0978. The van der Waals surface area contributed by atoms with Crippen LogP contribution < -0.4 is 19.8 Å². The molecule has 0 aliphatic heterocycles. The summed E-state index contributed by atoms with van der Waals surface area (Å²) in [6.07, 6.45) is 3.66. The van der Waals surface area contributed by atoms with Crippen LogP contribution in [0.15, 0.2) is 76.6 Å². The van der Waals surface area contributed by atoms with E-state index in [1.165, 1.54) is 31.2 Å². The van der Waals surface area contributed by atoms with Crippen LogP contribution in [0.25, 0.3) is 11.3 Å². The molecule has 2 aromatic heterocycles. The van der Waals surface area contributed by atoms with Crippen LogP contribution in [0, 0.1) is 26.7 Å². The van der Waals surface area contributed by atoms with Gasteiger partial charge in [0.15, 0.2) is 4.90 Å². The second-order valence-corrected chi connectivity index (χ2v) is 11.6. The molecular formula is C30H29N3O6S. The Bertz CT molecular complexity index is 1740. The summed E-state index contributed by atoms with van der Waals surface area (Å²) in [7, 11) is -4.47. The zero-order chi connectivity index (χ0) is 28.4. The molecule has 0 unspecified atom stereocenters. The van der Waals surface area contributed by atoms with Crippen molar-refractivity contribution in [2.45, 2.75) is 38.5 Å². The van der Waals surface area contributed by atoms with Crippen molar-refractivity contribution in [1.82, 2.24) is 14.7 Å². The van der Waals surface area contributed by atoms with Crippen molar-refractivity contribution in [1.29, 1.82) is 0 Å². The zero-order valence-electron chi connectivity index (χ0n) is 22.4. The lowest BCUT2D eigenvalue weighted by Gasteiger charge is -2.16. The van der Waals surface area contributed by atoms with Crippen molar-refractivity contribution < 1.29 is 22.7 Å². The molecule has 1 fully saturated rings. The number of benzene rings is 2. The number of hydrogen-bond acceptors (Lipinski definition) is 7. The molecule has 9 nitrogen and oxygen atoms in total. The van der Waals surface area contributed by atoms with Gasteiger partial charge in [-0.2, -0.15) is 0 Å². The highest BCUT2D eigenvalue weighted by atomic mass is 32.2. The van der Waals surface area contributed by atoms with Gasteiger partial charge in [-0.05, 0) is 87.1 Å². The molecule has 0 spiro atoms. The molecule has 1 saturated carbocycles. The minimum atomic E-state index is -4.47. The van der Waals surface area contributed by atoms with Crippen molar-refractivity contribution in [3.05, 3.63) is 99.5 Å². The molecule has 0 bridgehead atoms.